The Morgan fingerprint density at radius 2 is 1.74 bits per heavy atom. The average Bonchev–Trinajstić information content (AvgIpc) is 2.73. The molecule has 1 aliphatic heterocycles. The van der Waals surface area contributed by atoms with Gasteiger partial charge in [0.2, 0.25) is 5.91 Å². The van der Waals surface area contributed by atoms with Crippen molar-refractivity contribution in [3.8, 4) is 0 Å². The maximum atomic E-state index is 12.8. The minimum atomic E-state index is -4.64. The highest BCUT2D eigenvalue weighted by molar-refractivity contribution is 6.45. The lowest BCUT2D eigenvalue weighted by atomic mass is 10.2. The molecule has 11 heteroatoms. The summed E-state index contributed by atoms with van der Waals surface area (Å²) >= 11 is 5.78. The zero-order chi connectivity index (χ0) is 20.5. The first-order chi connectivity index (χ1) is 12.4. The minimum absolute atomic E-state index is 0.000974. The number of nitrogens with zero attached hydrogens (tertiary/aromatic N) is 2. The molecule has 7 nitrogen and oxygen atoms in total. The molecule has 0 unspecified atom stereocenters. The van der Waals surface area contributed by atoms with Gasteiger partial charge in [-0.25, -0.2) is 9.69 Å². The molecule has 0 atom stereocenters. The minimum Gasteiger partial charge on any atom is -0.323 e. The van der Waals surface area contributed by atoms with Gasteiger partial charge in [0.1, 0.15) is 6.54 Å². The number of imide groups is 2. The standard InChI is InChI=1S/C16H15ClF3N3O4/c1-8(2)6-22-13(25)14(26)23(15(22)27)7-12(24)21-11-5-9(16(18,19)20)3-4-10(11)17/h3-5,8H,6-7H2,1-2H3,(H,21,24). The molecule has 27 heavy (non-hydrogen) atoms. The first-order valence-corrected chi connectivity index (χ1v) is 8.13. The molecule has 1 aromatic carbocycles. The van der Waals surface area contributed by atoms with E-state index in [9.17, 15) is 32.3 Å². The first kappa shape index (κ1) is 20.7. The Balaban J connectivity index is 2.13. The number of carbonyl (C=O) groups is 4. The number of carbonyl (C=O) groups excluding carboxylic acids is 4. The predicted octanol–water partition coefficient (Wildman–Crippen LogP) is 2.74. The highest BCUT2D eigenvalue weighted by Gasteiger charge is 2.45. The van der Waals surface area contributed by atoms with E-state index in [1.54, 1.807) is 13.8 Å². The Morgan fingerprint density at radius 1 is 1.15 bits per heavy atom. The quantitative estimate of drug-likeness (QED) is 0.603. The maximum Gasteiger partial charge on any atom is 0.416 e. The van der Waals surface area contributed by atoms with E-state index in [2.05, 4.69) is 5.32 Å². The molecule has 2 rings (SSSR count). The van der Waals surface area contributed by atoms with Gasteiger partial charge < -0.3 is 5.32 Å². The van der Waals surface area contributed by atoms with Gasteiger partial charge in [-0.15, -0.1) is 0 Å². The van der Waals surface area contributed by atoms with Crippen LogP contribution in [0.1, 0.15) is 19.4 Å². The van der Waals surface area contributed by atoms with Crippen LogP contribution < -0.4 is 5.32 Å². The molecule has 0 aromatic heterocycles. The molecule has 0 aliphatic carbocycles. The van der Waals surface area contributed by atoms with E-state index in [1.807, 2.05) is 0 Å². The van der Waals surface area contributed by atoms with Gasteiger partial charge in [0.05, 0.1) is 16.3 Å². The third-order valence-corrected chi connectivity index (χ3v) is 3.88. The van der Waals surface area contributed by atoms with Crippen LogP contribution in [-0.4, -0.2) is 46.6 Å². The van der Waals surface area contributed by atoms with Crippen molar-refractivity contribution in [1.29, 1.82) is 0 Å². The molecule has 0 saturated carbocycles. The van der Waals surface area contributed by atoms with E-state index in [0.717, 1.165) is 17.0 Å². The molecule has 146 valence electrons. The molecule has 1 fully saturated rings. The number of urea groups is 1. The lowest BCUT2D eigenvalue weighted by molar-refractivity contribution is -0.143. The van der Waals surface area contributed by atoms with Crippen LogP contribution in [0.2, 0.25) is 5.02 Å². The molecule has 0 spiro atoms. The van der Waals surface area contributed by atoms with E-state index in [1.165, 1.54) is 0 Å². The summed E-state index contributed by atoms with van der Waals surface area (Å²) in [5, 5.41) is 1.96. The Bertz CT molecular complexity index is 811. The van der Waals surface area contributed by atoms with Gasteiger partial charge in [-0.2, -0.15) is 13.2 Å². The van der Waals surface area contributed by atoms with Crippen LogP contribution in [0.25, 0.3) is 0 Å². The fraction of sp³-hybridized carbons (Fsp3) is 0.375. The van der Waals surface area contributed by atoms with Gasteiger partial charge in [-0.1, -0.05) is 25.4 Å². The Kier molecular flexibility index (Phi) is 5.79. The van der Waals surface area contributed by atoms with Crippen molar-refractivity contribution in [2.24, 2.45) is 5.92 Å². The summed E-state index contributed by atoms with van der Waals surface area (Å²) in [4.78, 5) is 49.1. The number of anilines is 1. The molecule has 5 amide bonds. The molecule has 0 radical (unpaired) electrons. The second-order valence-electron chi connectivity index (χ2n) is 6.22. The Labute approximate surface area is 157 Å². The van der Waals surface area contributed by atoms with Gasteiger partial charge in [0, 0.05) is 6.54 Å². The van der Waals surface area contributed by atoms with Gasteiger partial charge >= 0.3 is 24.0 Å². The number of alkyl halides is 3. The van der Waals surface area contributed by atoms with Gasteiger partial charge in [0.25, 0.3) is 0 Å². The highest BCUT2D eigenvalue weighted by atomic mass is 35.5. The number of halogens is 4. The van der Waals surface area contributed by atoms with E-state index in [-0.39, 0.29) is 23.2 Å². The second-order valence-corrected chi connectivity index (χ2v) is 6.63. The third kappa shape index (κ3) is 4.57. The number of hydrogen-bond donors (Lipinski definition) is 1. The van der Waals surface area contributed by atoms with Crippen LogP contribution in [-0.2, 0) is 20.6 Å². The van der Waals surface area contributed by atoms with Crippen molar-refractivity contribution >= 4 is 41.0 Å². The second kappa shape index (κ2) is 7.55. The molecule has 1 N–H and O–H groups in total. The number of hydrogen-bond acceptors (Lipinski definition) is 4. The maximum absolute atomic E-state index is 12.8. The summed E-state index contributed by atoms with van der Waals surface area (Å²) in [5.41, 5.74) is -1.37. The zero-order valence-corrected chi connectivity index (χ0v) is 15.0. The van der Waals surface area contributed by atoms with E-state index < -0.39 is 42.0 Å². The summed E-state index contributed by atoms with van der Waals surface area (Å²) in [5.74, 6) is -3.30. The van der Waals surface area contributed by atoms with Crippen molar-refractivity contribution < 1.29 is 32.3 Å². The van der Waals surface area contributed by atoms with Crippen LogP contribution in [0.3, 0.4) is 0 Å². The van der Waals surface area contributed by atoms with Crippen LogP contribution in [0.15, 0.2) is 18.2 Å². The van der Waals surface area contributed by atoms with Crippen molar-refractivity contribution in [2.75, 3.05) is 18.4 Å². The molecule has 1 aliphatic rings. The number of amides is 5. The van der Waals surface area contributed by atoms with Gasteiger partial charge in [0.15, 0.2) is 0 Å². The summed E-state index contributed by atoms with van der Waals surface area (Å²) < 4.78 is 38.3. The molecular formula is C16H15ClF3N3O4. The SMILES string of the molecule is CC(C)CN1C(=O)C(=O)N(CC(=O)Nc2cc(C(F)(F)F)ccc2Cl)C1=O. The molecule has 1 saturated heterocycles. The number of nitrogens with one attached hydrogen (secondary N) is 1. The van der Waals surface area contributed by atoms with E-state index >= 15 is 0 Å². The van der Waals surface area contributed by atoms with Crippen LogP contribution >= 0.6 is 11.6 Å². The molecular weight excluding hydrogens is 391 g/mol. The largest absolute Gasteiger partial charge is 0.416 e. The average molecular weight is 406 g/mol. The van der Waals surface area contributed by atoms with E-state index in [4.69, 9.17) is 11.6 Å². The zero-order valence-electron chi connectivity index (χ0n) is 14.3. The number of benzene rings is 1. The number of rotatable bonds is 5. The smallest absolute Gasteiger partial charge is 0.323 e. The predicted molar refractivity (Wildman–Crippen MR) is 88.7 cm³/mol. The third-order valence-electron chi connectivity index (χ3n) is 3.55. The van der Waals surface area contributed by atoms with Gasteiger partial charge in [-0.05, 0) is 24.1 Å². The summed E-state index contributed by atoms with van der Waals surface area (Å²) in [6, 6.07) is 1.38. The summed E-state index contributed by atoms with van der Waals surface area (Å²) in [7, 11) is 0. The van der Waals surface area contributed by atoms with Crippen LogP contribution in [0.5, 0.6) is 0 Å². The van der Waals surface area contributed by atoms with Crippen molar-refractivity contribution in [3.63, 3.8) is 0 Å². The van der Waals surface area contributed by atoms with Crippen molar-refractivity contribution in [3.05, 3.63) is 28.8 Å². The highest BCUT2D eigenvalue weighted by Crippen LogP contribution is 2.33. The van der Waals surface area contributed by atoms with Crippen LogP contribution in [0.4, 0.5) is 23.7 Å². The first-order valence-electron chi connectivity index (χ1n) is 7.75. The topological polar surface area (TPSA) is 86.8 Å². The normalized spacial score (nSPS) is 15.1. The lowest BCUT2D eigenvalue weighted by Crippen LogP contribution is -2.39. The fourth-order valence-corrected chi connectivity index (χ4v) is 2.51. The molecule has 1 heterocycles. The van der Waals surface area contributed by atoms with Gasteiger partial charge in [-0.3, -0.25) is 19.3 Å². The Morgan fingerprint density at radius 3 is 2.30 bits per heavy atom. The molecule has 0 bridgehead atoms. The fourth-order valence-electron chi connectivity index (χ4n) is 2.35. The molecule has 1 aromatic rings. The van der Waals surface area contributed by atoms with Crippen molar-refractivity contribution in [2.45, 2.75) is 20.0 Å². The Hall–Kier alpha value is -2.62. The lowest BCUT2D eigenvalue weighted by Gasteiger charge is -2.17. The van der Waals surface area contributed by atoms with E-state index in [0.29, 0.717) is 11.0 Å². The van der Waals surface area contributed by atoms with Crippen LogP contribution in [0, 0.1) is 5.92 Å². The summed E-state index contributed by atoms with van der Waals surface area (Å²) in [6.07, 6.45) is -4.64. The van der Waals surface area contributed by atoms with Crippen molar-refractivity contribution in [1.82, 2.24) is 9.80 Å². The summed E-state index contributed by atoms with van der Waals surface area (Å²) in [6.45, 7) is 2.64. The monoisotopic (exact) mass is 405 g/mol.